The summed E-state index contributed by atoms with van der Waals surface area (Å²) in [4.78, 5) is 61.9. The number of carbonyl (C=O) groups is 2. The number of aliphatic hydroxyl groups is 2. The molecule has 0 saturated carbocycles. The number of hydrogen-bond acceptors (Lipinski definition) is 15. The van der Waals surface area contributed by atoms with Gasteiger partial charge in [0.1, 0.15) is 30.7 Å². The number of nitrogens with zero attached hydrogens (tertiary/aromatic N) is 2. The van der Waals surface area contributed by atoms with E-state index in [0.29, 0.717) is 12.8 Å². The highest BCUT2D eigenvalue weighted by Crippen LogP contribution is 2.60. The Morgan fingerprint density at radius 1 is 0.667 bits per heavy atom. The highest BCUT2D eigenvalue weighted by molar-refractivity contribution is 7.61. The number of hydrogen-bond donors (Lipinski definition) is 5. The molecular formula is C52H85N3O15P2. The number of esters is 2. The summed E-state index contributed by atoms with van der Waals surface area (Å²) in [7, 11) is -10.9. The molecule has 0 spiro atoms. The van der Waals surface area contributed by atoms with E-state index in [2.05, 4.69) is 96.1 Å². The number of aromatic nitrogens is 2. The first kappa shape index (κ1) is 64.3. The van der Waals surface area contributed by atoms with E-state index in [0.717, 1.165) is 101 Å². The van der Waals surface area contributed by atoms with Crippen LogP contribution in [0.15, 0.2) is 90.0 Å². The smallest absolute Gasteiger partial charge is 0.462 e. The molecule has 20 heteroatoms. The van der Waals surface area contributed by atoms with Crippen LogP contribution in [-0.4, -0.2) is 85.7 Å². The van der Waals surface area contributed by atoms with Gasteiger partial charge in [-0.25, -0.2) is 13.9 Å². The topological polar surface area (TPSA) is 265 Å². The molecule has 2 rings (SSSR count). The molecule has 408 valence electrons. The second-order valence-electron chi connectivity index (χ2n) is 17.7. The fourth-order valence-corrected chi connectivity index (χ4v) is 9.32. The van der Waals surface area contributed by atoms with Crippen molar-refractivity contribution in [1.82, 2.24) is 9.55 Å². The fourth-order valence-electron chi connectivity index (χ4n) is 7.21. The van der Waals surface area contributed by atoms with Gasteiger partial charge in [-0.05, 0) is 96.0 Å². The zero-order chi connectivity index (χ0) is 52.7. The molecule has 1 saturated heterocycles. The van der Waals surface area contributed by atoms with E-state index in [1.54, 1.807) is 0 Å². The van der Waals surface area contributed by atoms with Crippen molar-refractivity contribution in [2.45, 2.75) is 199 Å². The molecule has 3 unspecified atom stereocenters. The minimum Gasteiger partial charge on any atom is -0.462 e. The third-order valence-electron chi connectivity index (χ3n) is 11.3. The Morgan fingerprint density at radius 2 is 1.12 bits per heavy atom. The molecule has 1 aliphatic heterocycles. The molecule has 1 aliphatic rings. The van der Waals surface area contributed by atoms with Crippen LogP contribution in [0.2, 0.25) is 0 Å². The van der Waals surface area contributed by atoms with Gasteiger partial charge >= 0.3 is 33.3 Å². The number of phosphoric acid groups is 2. The summed E-state index contributed by atoms with van der Waals surface area (Å²) >= 11 is 0. The predicted octanol–water partition coefficient (Wildman–Crippen LogP) is 10.9. The van der Waals surface area contributed by atoms with Gasteiger partial charge in [-0.1, -0.05) is 138 Å². The molecule has 6 N–H and O–H groups in total. The summed E-state index contributed by atoms with van der Waals surface area (Å²) in [6.45, 7) is 2.05. The van der Waals surface area contributed by atoms with E-state index >= 15 is 0 Å². The third-order valence-corrected chi connectivity index (χ3v) is 13.9. The minimum atomic E-state index is -5.44. The second kappa shape index (κ2) is 39.6. The number of carbonyl (C=O) groups excluding carboxylic acids is 2. The van der Waals surface area contributed by atoms with E-state index in [-0.39, 0.29) is 18.7 Å². The molecule has 1 fully saturated rings. The number of ether oxygens (including phenoxy) is 3. The monoisotopic (exact) mass is 1050 g/mol. The molecule has 72 heavy (non-hydrogen) atoms. The summed E-state index contributed by atoms with van der Waals surface area (Å²) < 4.78 is 56.8. The van der Waals surface area contributed by atoms with Gasteiger partial charge in [0.2, 0.25) is 0 Å². The number of anilines is 1. The zero-order valence-corrected chi connectivity index (χ0v) is 44.5. The van der Waals surface area contributed by atoms with Crippen molar-refractivity contribution in [2.75, 3.05) is 25.6 Å². The average molecular weight is 1050 g/mol. The number of phosphoric ester groups is 2. The van der Waals surface area contributed by atoms with E-state index < -0.39 is 83.7 Å². The van der Waals surface area contributed by atoms with Gasteiger partial charge in [0, 0.05) is 19.0 Å². The minimum absolute atomic E-state index is 0.0158. The largest absolute Gasteiger partial charge is 0.481 e. The molecule has 18 nitrogen and oxygen atoms in total. The molecule has 0 amide bonds. The normalized spacial score (nSPS) is 19.6. The molecule has 0 aromatic carbocycles. The lowest BCUT2D eigenvalue weighted by molar-refractivity contribution is -0.161. The summed E-state index contributed by atoms with van der Waals surface area (Å²) in [6.07, 6.45) is 41.1. The van der Waals surface area contributed by atoms with E-state index in [1.807, 2.05) is 0 Å². The Hall–Kier alpha value is -3.80. The van der Waals surface area contributed by atoms with Gasteiger partial charge in [-0.3, -0.25) is 23.2 Å². The number of nitrogens with two attached hydrogens (primary N) is 1. The maximum absolute atomic E-state index is 12.9. The van der Waals surface area contributed by atoms with Crippen LogP contribution in [0.5, 0.6) is 0 Å². The van der Waals surface area contributed by atoms with Crippen LogP contribution in [0.3, 0.4) is 0 Å². The van der Waals surface area contributed by atoms with E-state index in [9.17, 15) is 43.5 Å². The summed E-state index contributed by atoms with van der Waals surface area (Å²) in [5.74, 6) is -1.35. The van der Waals surface area contributed by atoms with Gasteiger partial charge in [0.15, 0.2) is 12.3 Å². The number of allylic oxidation sites excluding steroid dienone is 12. The Labute approximate surface area is 427 Å². The molecule has 2 heterocycles. The quantitative estimate of drug-likeness (QED) is 0.0176. The maximum atomic E-state index is 12.9. The van der Waals surface area contributed by atoms with Gasteiger partial charge in [-0.15, -0.1) is 0 Å². The summed E-state index contributed by atoms with van der Waals surface area (Å²) in [5, 5.41) is 20.9. The number of unbranched alkanes of at least 4 members (excludes halogenated alkanes) is 14. The van der Waals surface area contributed by atoms with Crippen molar-refractivity contribution in [3.63, 3.8) is 0 Å². The molecule has 0 bridgehead atoms. The first-order valence-electron chi connectivity index (χ1n) is 25.9. The highest BCUT2D eigenvalue weighted by atomic mass is 31.3. The van der Waals surface area contributed by atoms with Crippen LogP contribution in [0.25, 0.3) is 0 Å². The third kappa shape index (κ3) is 31.7. The number of rotatable bonds is 42. The molecule has 0 radical (unpaired) electrons. The lowest BCUT2D eigenvalue weighted by atomic mass is 10.1. The molecule has 1 aromatic rings. The molecular weight excluding hydrogens is 969 g/mol. The van der Waals surface area contributed by atoms with Crippen LogP contribution in [0.4, 0.5) is 5.82 Å². The summed E-state index contributed by atoms with van der Waals surface area (Å²) in [5.41, 5.74) is 4.59. The average Bonchev–Trinajstić information content (AvgIpc) is 3.62. The fraction of sp³-hybridized carbons (Fsp3) is 0.654. The van der Waals surface area contributed by atoms with Crippen LogP contribution < -0.4 is 11.4 Å². The van der Waals surface area contributed by atoms with E-state index in [1.165, 1.54) is 44.6 Å². The Morgan fingerprint density at radius 3 is 1.62 bits per heavy atom. The lowest BCUT2D eigenvalue weighted by Gasteiger charge is -2.21. The first-order valence-corrected chi connectivity index (χ1v) is 28.9. The van der Waals surface area contributed by atoms with Crippen molar-refractivity contribution in [1.29, 1.82) is 0 Å². The standard InChI is InChI=1S/C52H85N3O15P2/c1-3-5-7-9-11-13-15-17-19-21-23-25-27-29-31-33-35-37-47(56)65-41-44(68-48(57)38-36-34-32-30-28-26-24-22-20-18-16-14-12-10-8-6-4-2)42-66-71(61,62)70-72(63,64)67-43-45-49(58)50(59)51(69-45)55-40-39-46(53)54-52(55)60/h11-14,17-20,23-26,39-40,44-45,49-51,58-59H,3-10,15-16,21-22,27-38,41-43H2,1-2H3,(H,61,62)(H,63,64)(H2,53,54,60)/b13-11-,14-12-,19-17-,20-18-,25-23-,26-24-/t44-,45-,49+,50?,51-/m1/s1. The second-order valence-corrected chi connectivity index (χ2v) is 20.7. The lowest BCUT2D eigenvalue weighted by Crippen LogP contribution is -2.36. The van der Waals surface area contributed by atoms with E-state index in [4.69, 9.17) is 29.0 Å². The summed E-state index contributed by atoms with van der Waals surface area (Å²) in [6, 6.07) is 1.24. The van der Waals surface area contributed by atoms with Gasteiger partial charge in [0.25, 0.3) is 0 Å². The number of nitrogen functional groups attached to an aromatic ring is 1. The first-order chi connectivity index (χ1) is 34.7. The zero-order valence-electron chi connectivity index (χ0n) is 42.7. The van der Waals surface area contributed by atoms with Crippen molar-refractivity contribution >= 4 is 33.4 Å². The van der Waals surface area contributed by atoms with Gasteiger partial charge < -0.3 is 39.9 Å². The van der Waals surface area contributed by atoms with Crippen LogP contribution >= 0.6 is 15.6 Å². The predicted molar refractivity (Wildman–Crippen MR) is 279 cm³/mol. The van der Waals surface area contributed by atoms with Gasteiger partial charge in [-0.2, -0.15) is 9.29 Å². The van der Waals surface area contributed by atoms with Crippen molar-refractivity contribution in [3.05, 3.63) is 95.7 Å². The van der Waals surface area contributed by atoms with Crippen LogP contribution in [0, 0.1) is 0 Å². The number of aliphatic hydroxyl groups excluding tert-OH is 2. The van der Waals surface area contributed by atoms with Gasteiger partial charge in [0.05, 0.1) is 13.2 Å². The van der Waals surface area contributed by atoms with Crippen molar-refractivity contribution in [2.24, 2.45) is 0 Å². The molecule has 7 atom stereocenters. The van der Waals surface area contributed by atoms with Crippen LogP contribution in [-0.2, 0) is 46.3 Å². The Bertz CT molecular complexity index is 1990. The molecule has 1 aromatic heterocycles. The van der Waals surface area contributed by atoms with Crippen molar-refractivity contribution in [3.8, 4) is 0 Å². The Kier molecular flexibility index (Phi) is 35.4. The SMILES string of the molecule is CCCCC/C=C\C/C=C\C/C=C\CCCCCCC(=O)OC[C@H](COP(=O)(O)OP(=O)(O)OC[C@H]1O[C@@H](n2ccc(N)nc2=O)C(O)[C@H]1O)OC(=O)CCCCCC/C=C\C/C=C\C/C=C\CCCCC. The van der Waals surface area contributed by atoms with Crippen LogP contribution in [0.1, 0.15) is 174 Å². The maximum Gasteiger partial charge on any atom is 0.481 e. The molecule has 0 aliphatic carbocycles. The Balaban J connectivity index is 1.82. The van der Waals surface area contributed by atoms with Crippen molar-refractivity contribution < 1.29 is 66.3 Å². The highest BCUT2D eigenvalue weighted by Gasteiger charge is 2.46.